The quantitative estimate of drug-likeness (QED) is 0.411. The molecule has 1 aliphatic heterocycles. The van der Waals surface area contributed by atoms with Crippen LogP contribution in [0.5, 0.6) is 5.75 Å². The lowest BCUT2D eigenvalue weighted by Gasteiger charge is -2.18. The summed E-state index contributed by atoms with van der Waals surface area (Å²) in [5.41, 5.74) is 10.3. The molecule has 0 saturated carbocycles. The van der Waals surface area contributed by atoms with Crippen LogP contribution in [0.3, 0.4) is 0 Å². The zero-order valence-electron chi connectivity index (χ0n) is 18.9. The lowest BCUT2D eigenvalue weighted by Crippen LogP contribution is -2.36. The highest BCUT2D eigenvalue weighted by molar-refractivity contribution is 6.42. The lowest BCUT2D eigenvalue weighted by molar-refractivity contribution is -0.125. The van der Waals surface area contributed by atoms with E-state index in [4.69, 9.17) is 27.9 Å². The number of carbonyl (C=O) groups is 2. The fourth-order valence-corrected chi connectivity index (χ4v) is 4.04. The molecule has 1 saturated heterocycles. The van der Waals surface area contributed by atoms with Crippen LogP contribution in [0.1, 0.15) is 23.1 Å². The Balaban J connectivity index is 1.32. The molecule has 6 nitrogen and oxygen atoms in total. The highest BCUT2D eigenvalue weighted by atomic mass is 35.5. The highest BCUT2D eigenvalue weighted by Gasteiger charge is 2.35. The Bertz CT molecular complexity index is 1230. The van der Waals surface area contributed by atoms with Gasteiger partial charge in [0.15, 0.2) is 0 Å². The first-order chi connectivity index (χ1) is 16.3. The molecule has 1 fully saturated rings. The van der Waals surface area contributed by atoms with Gasteiger partial charge < -0.3 is 9.64 Å². The van der Waals surface area contributed by atoms with E-state index in [0.29, 0.717) is 34.6 Å². The molecular weight excluding hydrogens is 473 g/mol. The summed E-state index contributed by atoms with van der Waals surface area (Å²) >= 11 is 12.0. The fraction of sp³-hybridized carbons (Fsp3) is 0.231. The van der Waals surface area contributed by atoms with E-state index in [2.05, 4.69) is 10.9 Å². The highest BCUT2D eigenvalue weighted by Crippen LogP contribution is 2.27. The van der Waals surface area contributed by atoms with Crippen LogP contribution in [-0.4, -0.2) is 18.4 Å². The Morgan fingerprint density at radius 2 is 1.85 bits per heavy atom. The molecular formula is C26H25Cl2N3O3. The number of nitrogens with zero attached hydrogens (tertiary/aromatic N) is 1. The summed E-state index contributed by atoms with van der Waals surface area (Å²) in [6, 6.07) is 18.5. The van der Waals surface area contributed by atoms with E-state index in [1.807, 2.05) is 56.3 Å². The van der Waals surface area contributed by atoms with Crippen LogP contribution in [0.2, 0.25) is 10.0 Å². The fourth-order valence-electron chi connectivity index (χ4n) is 3.72. The number of aryl methyl sites for hydroxylation is 2. The summed E-state index contributed by atoms with van der Waals surface area (Å²) < 4.78 is 5.82. The molecule has 1 atom stereocenters. The van der Waals surface area contributed by atoms with Crippen LogP contribution < -0.4 is 20.5 Å². The predicted octanol–water partition coefficient (Wildman–Crippen LogP) is 5.69. The van der Waals surface area contributed by atoms with Crippen molar-refractivity contribution in [3.8, 4) is 5.75 Å². The van der Waals surface area contributed by atoms with Crippen molar-refractivity contribution in [1.29, 1.82) is 0 Å². The van der Waals surface area contributed by atoms with Gasteiger partial charge in [0.25, 0.3) is 0 Å². The molecule has 0 bridgehead atoms. The van der Waals surface area contributed by atoms with Gasteiger partial charge in [0, 0.05) is 24.7 Å². The molecule has 3 aromatic carbocycles. The Morgan fingerprint density at radius 3 is 2.62 bits per heavy atom. The molecule has 1 heterocycles. The first-order valence-corrected chi connectivity index (χ1v) is 11.7. The second-order valence-electron chi connectivity index (χ2n) is 8.35. The third kappa shape index (κ3) is 5.64. The predicted molar refractivity (Wildman–Crippen MR) is 135 cm³/mol. The van der Waals surface area contributed by atoms with Gasteiger partial charge in [-0.15, -0.1) is 0 Å². The third-order valence-electron chi connectivity index (χ3n) is 5.85. The number of nitrogens with one attached hydrogen (secondary N) is 2. The first kappa shape index (κ1) is 23.9. The second kappa shape index (κ2) is 10.4. The van der Waals surface area contributed by atoms with Gasteiger partial charge in [-0.3, -0.25) is 20.4 Å². The topological polar surface area (TPSA) is 70.7 Å². The zero-order valence-corrected chi connectivity index (χ0v) is 20.4. The summed E-state index contributed by atoms with van der Waals surface area (Å²) in [4.78, 5) is 26.9. The minimum atomic E-state index is -0.435. The minimum absolute atomic E-state index is 0.0545. The van der Waals surface area contributed by atoms with Crippen LogP contribution in [0.15, 0.2) is 60.7 Å². The standard InChI is InChI=1S/C26H25Cl2N3O3/c1-16-6-8-21(10-17(16)2)31-14-19(12-25(31)32)26(33)30-29-20-4-3-5-22(13-20)34-15-18-7-9-23(27)24(28)11-18/h3-11,13,19,29H,12,14-15H2,1-2H3,(H,30,33)/t19-/m0/s1. The van der Waals surface area contributed by atoms with Crippen molar-refractivity contribution < 1.29 is 14.3 Å². The average molecular weight is 498 g/mol. The molecule has 8 heteroatoms. The van der Waals surface area contributed by atoms with Crippen molar-refractivity contribution in [1.82, 2.24) is 5.43 Å². The monoisotopic (exact) mass is 497 g/mol. The largest absolute Gasteiger partial charge is 0.489 e. The van der Waals surface area contributed by atoms with E-state index in [1.54, 1.807) is 23.1 Å². The molecule has 2 amide bonds. The van der Waals surface area contributed by atoms with Gasteiger partial charge in [0.1, 0.15) is 12.4 Å². The van der Waals surface area contributed by atoms with Crippen molar-refractivity contribution in [2.75, 3.05) is 16.9 Å². The van der Waals surface area contributed by atoms with Crippen LogP contribution in [0.25, 0.3) is 0 Å². The summed E-state index contributed by atoms with van der Waals surface area (Å²) in [7, 11) is 0. The third-order valence-corrected chi connectivity index (χ3v) is 6.59. The van der Waals surface area contributed by atoms with Crippen molar-refractivity contribution in [2.45, 2.75) is 26.9 Å². The number of benzene rings is 3. The Morgan fingerprint density at radius 1 is 1.03 bits per heavy atom. The molecule has 2 N–H and O–H groups in total. The molecule has 0 spiro atoms. The van der Waals surface area contributed by atoms with Gasteiger partial charge in [-0.1, -0.05) is 41.4 Å². The van der Waals surface area contributed by atoms with Gasteiger partial charge in [0.05, 0.1) is 21.7 Å². The number of hydrazine groups is 1. The van der Waals surface area contributed by atoms with Gasteiger partial charge >= 0.3 is 0 Å². The average Bonchev–Trinajstić information content (AvgIpc) is 3.22. The number of ether oxygens (including phenoxy) is 1. The molecule has 0 aromatic heterocycles. The normalized spacial score (nSPS) is 15.4. The van der Waals surface area contributed by atoms with Crippen molar-refractivity contribution in [3.63, 3.8) is 0 Å². The Kier molecular flexibility index (Phi) is 7.29. The second-order valence-corrected chi connectivity index (χ2v) is 9.17. The summed E-state index contributed by atoms with van der Waals surface area (Å²) in [6.45, 7) is 4.71. The maximum atomic E-state index is 12.7. The van der Waals surface area contributed by atoms with Crippen molar-refractivity contribution in [3.05, 3.63) is 87.4 Å². The van der Waals surface area contributed by atoms with Crippen LogP contribution >= 0.6 is 23.2 Å². The number of hydrogen-bond acceptors (Lipinski definition) is 4. The number of carbonyl (C=O) groups excluding carboxylic acids is 2. The number of halogens is 2. The summed E-state index contributed by atoms with van der Waals surface area (Å²) in [6.07, 6.45) is 0.174. The van der Waals surface area contributed by atoms with E-state index >= 15 is 0 Å². The molecule has 1 aliphatic rings. The smallest absolute Gasteiger partial charge is 0.243 e. The molecule has 4 rings (SSSR count). The van der Waals surface area contributed by atoms with Gasteiger partial charge in [0.2, 0.25) is 11.8 Å². The summed E-state index contributed by atoms with van der Waals surface area (Å²) in [5.74, 6) is -0.0964. The van der Waals surface area contributed by atoms with Gasteiger partial charge in [-0.25, -0.2) is 0 Å². The van der Waals surface area contributed by atoms with E-state index < -0.39 is 5.92 Å². The Hall–Kier alpha value is -3.22. The minimum Gasteiger partial charge on any atom is -0.489 e. The number of amides is 2. The first-order valence-electron chi connectivity index (χ1n) is 10.9. The maximum absolute atomic E-state index is 12.7. The van der Waals surface area contributed by atoms with E-state index in [1.165, 1.54) is 0 Å². The van der Waals surface area contributed by atoms with Crippen molar-refractivity contribution in [2.24, 2.45) is 5.92 Å². The molecule has 3 aromatic rings. The van der Waals surface area contributed by atoms with Gasteiger partial charge in [-0.2, -0.15) is 0 Å². The van der Waals surface area contributed by atoms with Crippen LogP contribution in [-0.2, 0) is 16.2 Å². The zero-order chi connectivity index (χ0) is 24.2. The number of anilines is 2. The Labute approximate surface area is 208 Å². The number of hydrogen-bond donors (Lipinski definition) is 2. The lowest BCUT2D eigenvalue weighted by atomic mass is 10.1. The maximum Gasteiger partial charge on any atom is 0.243 e. The molecule has 0 unspecified atom stereocenters. The van der Waals surface area contributed by atoms with E-state index in [9.17, 15) is 9.59 Å². The molecule has 176 valence electrons. The molecule has 0 aliphatic carbocycles. The van der Waals surface area contributed by atoms with Crippen LogP contribution in [0.4, 0.5) is 11.4 Å². The van der Waals surface area contributed by atoms with Gasteiger partial charge in [-0.05, 0) is 66.9 Å². The van der Waals surface area contributed by atoms with Crippen molar-refractivity contribution >= 4 is 46.4 Å². The van der Waals surface area contributed by atoms with E-state index in [-0.39, 0.29) is 18.2 Å². The SMILES string of the molecule is Cc1ccc(N2C[C@@H](C(=O)NNc3cccc(OCc4ccc(Cl)c(Cl)c4)c3)CC2=O)cc1C. The molecule has 34 heavy (non-hydrogen) atoms. The molecule has 0 radical (unpaired) electrons. The number of rotatable bonds is 7. The van der Waals surface area contributed by atoms with Crippen LogP contribution in [0, 0.1) is 19.8 Å². The van der Waals surface area contributed by atoms with E-state index in [0.717, 1.165) is 22.4 Å². The summed E-state index contributed by atoms with van der Waals surface area (Å²) in [5, 5.41) is 0.968.